The molecule has 1 unspecified atom stereocenters. The van der Waals surface area contributed by atoms with Crippen molar-refractivity contribution in [2.75, 3.05) is 19.6 Å². The Morgan fingerprint density at radius 3 is 2.55 bits per heavy atom. The Bertz CT molecular complexity index is 460. The van der Waals surface area contributed by atoms with Gasteiger partial charge in [0.15, 0.2) is 0 Å². The lowest BCUT2D eigenvalue weighted by Crippen LogP contribution is -2.40. The molecule has 1 saturated carbocycles. The SMILES string of the molecule is O=C(NCC1CCCNC1)C1CCC(c2ccccc2)CC1. The average Bonchev–Trinajstić information content (AvgIpc) is 2.61. The van der Waals surface area contributed by atoms with Gasteiger partial charge in [-0.3, -0.25) is 4.79 Å². The minimum absolute atomic E-state index is 0.233. The van der Waals surface area contributed by atoms with Crippen LogP contribution in [0.3, 0.4) is 0 Å². The molecule has 2 N–H and O–H groups in total. The molecule has 0 spiro atoms. The van der Waals surface area contributed by atoms with Crippen LogP contribution in [0.1, 0.15) is 50.0 Å². The highest BCUT2D eigenvalue weighted by atomic mass is 16.1. The van der Waals surface area contributed by atoms with Crippen LogP contribution in [0.15, 0.2) is 30.3 Å². The van der Waals surface area contributed by atoms with Crippen LogP contribution in [0.5, 0.6) is 0 Å². The van der Waals surface area contributed by atoms with Crippen molar-refractivity contribution in [3.8, 4) is 0 Å². The van der Waals surface area contributed by atoms with Crippen LogP contribution in [0.2, 0.25) is 0 Å². The van der Waals surface area contributed by atoms with Gasteiger partial charge < -0.3 is 10.6 Å². The summed E-state index contributed by atoms with van der Waals surface area (Å²) in [6, 6.07) is 10.8. The summed E-state index contributed by atoms with van der Waals surface area (Å²) in [6.07, 6.45) is 6.85. The van der Waals surface area contributed by atoms with E-state index in [0.29, 0.717) is 11.8 Å². The summed E-state index contributed by atoms with van der Waals surface area (Å²) in [5, 5.41) is 6.61. The van der Waals surface area contributed by atoms with E-state index in [1.165, 1.54) is 18.4 Å². The summed E-state index contributed by atoms with van der Waals surface area (Å²) < 4.78 is 0. The van der Waals surface area contributed by atoms with Crippen LogP contribution in [0.4, 0.5) is 0 Å². The Kier molecular flexibility index (Phi) is 5.49. The minimum Gasteiger partial charge on any atom is -0.356 e. The van der Waals surface area contributed by atoms with Gasteiger partial charge in [-0.05, 0) is 69.0 Å². The molecule has 1 saturated heterocycles. The van der Waals surface area contributed by atoms with E-state index in [1.807, 2.05) is 0 Å². The van der Waals surface area contributed by atoms with Crippen LogP contribution in [-0.4, -0.2) is 25.5 Å². The monoisotopic (exact) mass is 300 g/mol. The Labute approximate surface area is 133 Å². The normalized spacial score (nSPS) is 29.0. The Balaban J connectivity index is 1.41. The average molecular weight is 300 g/mol. The van der Waals surface area contributed by atoms with Crippen molar-refractivity contribution in [1.82, 2.24) is 10.6 Å². The predicted octanol–water partition coefficient (Wildman–Crippen LogP) is 3.08. The summed E-state index contributed by atoms with van der Waals surface area (Å²) in [6.45, 7) is 3.04. The maximum absolute atomic E-state index is 12.4. The van der Waals surface area contributed by atoms with Crippen LogP contribution < -0.4 is 10.6 Å². The van der Waals surface area contributed by atoms with Crippen molar-refractivity contribution >= 4 is 5.91 Å². The first-order valence-electron chi connectivity index (χ1n) is 8.86. The first-order chi connectivity index (χ1) is 10.8. The zero-order valence-electron chi connectivity index (χ0n) is 13.4. The van der Waals surface area contributed by atoms with E-state index in [-0.39, 0.29) is 11.8 Å². The van der Waals surface area contributed by atoms with Crippen molar-refractivity contribution in [2.45, 2.75) is 44.4 Å². The summed E-state index contributed by atoms with van der Waals surface area (Å²) >= 11 is 0. The molecule has 3 heteroatoms. The number of benzene rings is 1. The van der Waals surface area contributed by atoms with Crippen LogP contribution in [-0.2, 0) is 4.79 Å². The Morgan fingerprint density at radius 2 is 1.86 bits per heavy atom. The van der Waals surface area contributed by atoms with Crippen molar-refractivity contribution in [3.05, 3.63) is 35.9 Å². The van der Waals surface area contributed by atoms with Gasteiger partial charge >= 0.3 is 0 Å². The third-order valence-corrected chi connectivity index (χ3v) is 5.33. The van der Waals surface area contributed by atoms with E-state index in [0.717, 1.165) is 45.3 Å². The van der Waals surface area contributed by atoms with Crippen LogP contribution in [0.25, 0.3) is 0 Å². The highest BCUT2D eigenvalue weighted by Crippen LogP contribution is 2.35. The van der Waals surface area contributed by atoms with Gasteiger partial charge in [-0.25, -0.2) is 0 Å². The van der Waals surface area contributed by atoms with E-state index < -0.39 is 0 Å². The molecule has 0 radical (unpaired) electrons. The number of hydrogen-bond acceptors (Lipinski definition) is 2. The zero-order chi connectivity index (χ0) is 15.2. The fourth-order valence-corrected chi connectivity index (χ4v) is 3.90. The van der Waals surface area contributed by atoms with Crippen LogP contribution in [0, 0.1) is 11.8 Å². The number of carbonyl (C=O) groups excluding carboxylic acids is 1. The molecular weight excluding hydrogens is 272 g/mol. The largest absolute Gasteiger partial charge is 0.356 e. The molecule has 22 heavy (non-hydrogen) atoms. The molecule has 2 aliphatic rings. The van der Waals surface area contributed by atoms with Gasteiger partial charge in [0.1, 0.15) is 0 Å². The number of amides is 1. The molecule has 120 valence electrons. The minimum atomic E-state index is 0.233. The molecule has 1 aliphatic carbocycles. The van der Waals surface area contributed by atoms with E-state index in [2.05, 4.69) is 41.0 Å². The van der Waals surface area contributed by atoms with Crippen molar-refractivity contribution in [1.29, 1.82) is 0 Å². The first kappa shape index (κ1) is 15.5. The fraction of sp³-hybridized carbons (Fsp3) is 0.632. The van der Waals surface area contributed by atoms with Crippen molar-refractivity contribution in [2.24, 2.45) is 11.8 Å². The second-order valence-corrected chi connectivity index (χ2v) is 6.92. The molecule has 1 atom stereocenters. The molecule has 0 aromatic heterocycles. The number of piperidine rings is 1. The Hall–Kier alpha value is -1.35. The summed E-state index contributed by atoms with van der Waals surface area (Å²) in [4.78, 5) is 12.4. The molecule has 1 aromatic carbocycles. The van der Waals surface area contributed by atoms with Gasteiger partial charge in [-0.1, -0.05) is 30.3 Å². The molecule has 1 heterocycles. The number of hydrogen-bond donors (Lipinski definition) is 2. The summed E-state index contributed by atoms with van der Waals surface area (Å²) in [5.74, 6) is 1.79. The third-order valence-electron chi connectivity index (χ3n) is 5.33. The maximum atomic E-state index is 12.4. The smallest absolute Gasteiger partial charge is 0.223 e. The lowest BCUT2D eigenvalue weighted by atomic mass is 9.78. The molecule has 1 amide bonds. The van der Waals surface area contributed by atoms with Gasteiger partial charge in [0.05, 0.1) is 0 Å². The van der Waals surface area contributed by atoms with Crippen molar-refractivity contribution in [3.63, 3.8) is 0 Å². The summed E-state index contributed by atoms with van der Waals surface area (Å²) in [5.41, 5.74) is 1.44. The van der Waals surface area contributed by atoms with Gasteiger partial charge in [-0.2, -0.15) is 0 Å². The van der Waals surface area contributed by atoms with E-state index in [1.54, 1.807) is 0 Å². The van der Waals surface area contributed by atoms with Gasteiger partial charge in [0, 0.05) is 12.5 Å². The highest BCUT2D eigenvalue weighted by molar-refractivity contribution is 5.78. The van der Waals surface area contributed by atoms with E-state index >= 15 is 0 Å². The molecule has 3 rings (SSSR count). The second kappa shape index (κ2) is 7.77. The van der Waals surface area contributed by atoms with Crippen molar-refractivity contribution < 1.29 is 4.79 Å². The summed E-state index contributed by atoms with van der Waals surface area (Å²) in [7, 11) is 0. The second-order valence-electron chi connectivity index (χ2n) is 6.92. The lowest BCUT2D eigenvalue weighted by Gasteiger charge is -2.29. The van der Waals surface area contributed by atoms with E-state index in [9.17, 15) is 4.79 Å². The zero-order valence-corrected chi connectivity index (χ0v) is 13.4. The van der Waals surface area contributed by atoms with Gasteiger partial charge in [0.2, 0.25) is 5.91 Å². The quantitative estimate of drug-likeness (QED) is 0.897. The first-order valence-corrected chi connectivity index (χ1v) is 8.86. The number of rotatable bonds is 4. The van der Waals surface area contributed by atoms with Gasteiger partial charge in [-0.15, -0.1) is 0 Å². The molecule has 3 nitrogen and oxygen atoms in total. The van der Waals surface area contributed by atoms with E-state index in [4.69, 9.17) is 0 Å². The topological polar surface area (TPSA) is 41.1 Å². The standard InChI is InChI=1S/C19H28N2O/c22-19(21-14-15-5-4-12-20-13-15)18-10-8-17(9-11-18)16-6-2-1-3-7-16/h1-3,6-7,15,17-18,20H,4-5,8-14H2,(H,21,22). The molecule has 0 bridgehead atoms. The predicted molar refractivity (Wildman–Crippen MR) is 89.7 cm³/mol. The number of carbonyl (C=O) groups is 1. The maximum Gasteiger partial charge on any atom is 0.223 e. The fourth-order valence-electron chi connectivity index (χ4n) is 3.90. The Morgan fingerprint density at radius 1 is 1.09 bits per heavy atom. The highest BCUT2D eigenvalue weighted by Gasteiger charge is 2.27. The molecular formula is C19H28N2O. The third kappa shape index (κ3) is 4.10. The van der Waals surface area contributed by atoms with Crippen LogP contribution >= 0.6 is 0 Å². The van der Waals surface area contributed by atoms with Gasteiger partial charge in [0.25, 0.3) is 0 Å². The molecule has 1 aromatic rings. The lowest BCUT2D eigenvalue weighted by molar-refractivity contribution is -0.126. The number of nitrogens with one attached hydrogen (secondary N) is 2. The molecule has 2 fully saturated rings. The molecule has 1 aliphatic heterocycles.